The topological polar surface area (TPSA) is 21.3 Å². The Balaban J connectivity index is 2.33. The zero-order valence-corrected chi connectivity index (χ0v) is 14.4. The molecule has 3 heteroatoms. The third-order valence-electron chi connectivity index (χ3n) is 4.33. The van der Waals surface area contributed by atoms with E-state index in [0.717, 1.165) is 18.2 Å². The number of benzene rings is 1. The molecule has 1 aliphatic carbocycles. The standard InChI is InChI=1S/C17H26BrNO/c1-4-9-19-17(13-7-5-6-8-13)14-11-15(18)12(2)10-16(14)20-3/h10-11,13,17,19H,4-9H2,1-3H3. The van der Waals surface area contributed by atoms with Crippen molar-refractivity contribution in [1.82, 2.24) is 5.32 Å². The number of methoxy groups -OCH3 is 1. The molecule has 0 saturated heterocycles. The van der Waals surface area contributed by atoms with Crippen LogP contribution in [-0.4, -0.2) is 13.7 Å². The second kappa shape index (κ2) is 7.46. The van der Waals surface area contributed by atoms with Crippen molar-refractivity contribution in [3.63, 3.8) is 0 Å². The third-order valence-corrected chi connectivity index (χ3v) is 5.19. The van der Waals surface area contributed by atoms with Crippen LogP contribution in [0, 0.1) is 12.8 Å². The first kappa shape index (κ1) is 15.8. The molecule has 2 rings (SSSR count). The van der Waals surface area contributed by atoms with Crippen LogP contribution in [0.5, 0.6) is 5.75 Å². The van der Waals surface area contributed by atoms with Crippen molar-refractivity contribution in [3.05, 3.63) is 27.7 Å². The van der Waals surface area contributed by atoms with Crippen molar-refractivity contribution in [2.24, 2.45) is 5.92 Å². The summed E-state index contributed by atoms with van der Waals surface area (Å²) in [6.07, 6.45) is 6.55. The first-order valence-corrected chi connectivity index (χ1v) is 8.54. The Bertz CT molecular complexity index is 441. The fourth-order valence-corrected chi connectivity index (χ4v) is 3.57. The van der Waals surface area contributed by atoms with Gasteiger partial charge in [0.2, 0.25) is 0 Å². The van der Waals surface area contributed by atoms with Crippen LogP contribution in [-0.2, 0) is 0 Å². The van der Waals surface area contributed by atoms with Crippen LogP contribution >= 0.6 is 15.9 Å². The molecule has 1 aromatic carbocycles. The van der Waals surface area contributed by atoms with Crippen LogP contribution in [0.25, 0.3) is 0 Å². The molecule has 0 amide bonds. The Morgan fingerprint density at radius 1 is 1.35 bits per heavy atom. The molecule has 1 N–H and O–H groups in total. The van der Waals surface area contributed by atoms with E-state index in [9.17, 15) is 0 Å². The molecule has 0 bridgehead atoms. The fourth-order valence-electron chi connectivity index (χ4n) is 3.21. The van der Waals surface area contributed by atoms with Gasteiger partial charge < -0.3 is 10.1 Å². The molecule has 1 fully saturated rings. The van der Waals surface area contributed by atoms with Crippen LogP contribution in [0.3, 0.4) is 0 Å². The summed E-state index contributed by atoms with van der Waals surface area (Å²) in [4.78, 5) is 0. The Hall–Kier alpha value is -0.540. The molecule has 1 saturated carbocycles. The Labute approximate surface area is 131 Å². The number of halogens is 1. The summed E-state index contributed by atoms with van der Waals surface area (Å²) in [5.74, 6) is 1.76. The van der Waals surface area contributed by atoms with Gasteiger partial charge in [-0.05, 0) is 56.3 Å². The minimum atomic E-state index is 0.421. The van der Waals surface area contributed by atoms with Gasteiger partial charge in [-0.2, -0.15) is 0 Å². The van der Waals surface area contributed by atoms with Gasteiger partial charge in [-0.1, -0.05) is 35.7 Å². The molecule has 112 valence electrons. The monoisotopic (exact) mass is 339 g/mol. The summed E-state index contributed by atoms with van der Waals surface area (Å²) in [7, 11) is 1.78. The minimum Gasteiger partial charge on any atom is -0.496 e. The molecule has 0 aromatic heterocycles. The minimum absolute atomic E-state index is 0.421. The molecule has 0 heterocycles. The molecule has 0 spiro atoms. The molecule has 20 heavy (non-hydrogen) atoms. The Morgan fingerprint density at radius 2 is 2.05 bits per heavy atom. The molecule has 1 aromatic rings. The number of rotatable bonds is 6. The maximum absolute atomic E-state index is 5.64. The van der Waals surface area contributed by atoms with Crippen LogP contribution < -0.4 is 10.1 Å². The smallest absolute Gasteiger partial charge is 0.123 e. The van der Waals surface area contributed by atoms with Gasteiger partial charge in [0.15, 0.2) is 0 Å². The molecule has 1 atom stereocenters. The number of nitrogens with one attached hydrogen (secondary N) is 1. The van der Waals surface area contributed by atoms with Gasteiger partial charge in [-0.25, -0.2) is 0 Å². The predicted octanol–water partition coefficient (Wildman–Crippen LogP) is 5.00. The summed E-state index contributed by atoms with van der Waals surface area (Å²) in [5.41, 5.74) is 2.54. The summed E-state index contributed by atoms with van der Waals surface area (Å²) < 4.78 is 6.82. The number of aryl methyl sites for hydroxylation is 1. The number of hydrogen-bond acceptors (Lipinski definition) is 2. The van der Waals surface area contributed by atoms with Crippen molar-refractivity contribution in [1.29, 1.82) is 0 Å². The SMILES string of the molecule is CCCNC(c1cc(Br)c(C)cc1OC)C1CCCC1. The summed E-state index contributed by atoms with van der Waals surface area (Å²) >= 11 is 3.67. The Kier molecular flexibility index (Phi) is 5.91. The average molecular weight is 340 g/mol. The van der Waals surface area contributed by atoms with Gasteiger partial charge in [-0.3, -0.25) is 0 Å². The highest BCUT2D eigenvalue weighted by molar-refractivity contribution is 9.10. The number of ether oxygens (including phenoxy) is 1. The summed E-state index contributed by atoms with van der Waals surface area (Å²) in [6, 6.07) is 4.82. The maximum Gasteiger partial charge on any atom is 0.123 e. The van der Waals surface area contributed by atoms with E-state index in [-0.39, 0.29) is 0 Å². The average Bonchev–Trinajstić information content (AvgIpc) is 2.96. The molecule has 0 aliphatic heterocycles. The van der Waals surface area contributed by atoms with Crippen molar-refractivity contribution < 1.29 is 4.74 Å². The highest BCUT2D eigenvalue weighted by atomic mass is 79.9. The van der Waals surface area contributed by atoms with E-state index in [0.29, 0.717) is 6.04 Å². The molecular weight excluding hydrogens is 314 g/mol. The van der Waals surface area contributed by atoms with Gasteiger partial charge in [0.05, 0.1) is 7.11 Å². The van der Waals surface area contributed by atoms with E-state index in [1.165, 1.54) is 47.7 Å². The summed E-state index contributed by atoms with van der Waals surface area (Å²) in [5, 5.41) is 3.75. The van der Waals surface area contributed by atoms with Crippen molar-refractivity contribution in [2.75, 3.05) is 13.7 Å². The lowest BCUT2D eigenvalue weighted by atomic mass is 9.90. The first-order valence-electron chi connectivity index (χ1n) is 7.74. The zero-order valence-electron chi connectivity index (χ0n) is 12.8. The molecule has 1 unspecified atom stereocenters. The van der Waals surface area contributed by atoms with E-state index in [4.69, 9.17) is 4.74 Å². The van der Waals surface area contributed by atoms with Gasteiger partial charge in [0.25, 0.3) is 0 Å². The molecule has 1 aliphatic rings. The second-order valence-corrected chi connectivity index (χ2v) is 6.67. The fraction of sp³-hybridized carbons (Fsp3) is 0.647. The van der Waals surface area contributed by atoms with Crippen LogP contribution in [0.4, 0.5) is 0 Å². The van der Waals surface area contributed by atoms with Crippen molar-refractivity contribution >= 4 is 15.9 Å². The summed E-state index contributed by atoms with van der Waals surface area (Å²) in [6.45, 7) is 5.40. The van der Waals surface area contributed by atoms with Gasteiger partial charge >= 0.3 is 0 Å². The van der Waals surface area contributed by atoms with E-state index in [1.54, 1.807) is 7.11 Å². The lowest BCUT2D eigenvalue weighted by molar-refractivity contribution is 0.345. The zero-order chi connectivity index (χ0) is 14.5. The van der Waals surface area contributed by atoms with Crippen LogP contribution in [0.2, 0.25) is 0 Å². The predicted molar refractivity (Wildman–Crippen MR) is 88.4 cm³/mol. The normalized spacial score (nSPS) is 17.4. The van der Waals surface area contributed by atoms with Crippen molar-refractivity contribution in [3.8, 4) is 5.75 Å². The highest BCUT2D eigenvalue weighted by Gasteiger charge is 2.28. The molecule has 2 nitrogen and oxygen atoms in total. The van der Waals surface area contributed by atoms with E-state index >= 15 is 0 Å². The Morgan fingerprint density at radius 3 is 2.65 bits per heavy atom. The lowest BCUT2D eigenvalue weighted by Gasteiger charge is -2.27. The highest BCUT2D eigenvalue weighted by Crippen LogP contribution is 2.40. The van der Waals surface area contributed by atoms with Crippen molar-refractivity contribution in [2.45, 2.75) is 52.0 Å². The van der Waals surface area contributed by atoms with Gasteiger partial charge in [0, 0.05) is 16.1 Å². The molecular formula is C17H26BrNO. The number of hydrogen-bond donors (Lipinski definition) is 1. The van der Waals surface area contributed by atoms with Gasteiger partial charge in [0.1, 0.15) is 5.75 Å². The van der Waals surface area contributed by atoms with E-state index in [2.05, 4.69) is 47.2 Å². The van der Waals surface area contributed by atoms with Gasteiger partial charge in [-0.15, -0.1) is 0 Å². The maximum atomic E-state index is 5.64. The largest absolute Gasteiger partial charge is 0.496 e. The van der Waals surface area contributed by atoms with Crippen LogP contribution in [0.1, 0.15) is 56.2 Å². The van der Waals surface area contributed by atoms with E-state index < -0.39 is 0 Å². The third kappa shape index (κ3) is 3.56. The van der Waals surface area contributed by atoms with Crippen LogP contribution in [0.15, 0.2) is 16.6 Å². The first-order chi connectivity index (χ1) is 9.67. The second-order valence-electron chi connectivity index (χ2n) is 5.82. The van der Waals surface area contributed by atoms with E-state index in [1.807, 2.05) is 0 Å². The molecule has 0 radical (unpaired) electrons. The quantitative estimate of drug-likeness (QED) is 0.787. The lowest BCUT2D eigenvalue weighted by Crippen LogP contribution is -2.28.